The number of benzene rings is 3. The predicted molar refractivity (Wildman–Crippen MR) is 151 cm³/mol. The molecule has 0 aromatic heterocycles. The number of amides is 2. The van der Waals surface area contributed by atoms with E-state index in [2.05, 4.69) is 17.2 Å². The molecular weight excluding hydrogens is 493 g/mol. The molecule has 0 aliphatic carbocycles. The highest BCUT2D eigenvalue weighted by molar-refractivity contribution is 5.96. The van der Waals surface area contributed by atoms with Gasteiger partial charge < -0.3 is 20.3 Å². The van der Waals surface area contributed by atoms with Crippen LogP contribution < -0.4 is 15.4 Å². The highest BCUT2D eigenvalue weighted by Crippen LogP contribution is 2.31. The first-order valence-electron chi connectivity index (χ1n) is 13.5. The molecule has 5 rings (SSSR count). The van der Waals surface area contributed by atoms with Gasteiger partial charge in [0.1, 0.15) is 18.2 Å². The van der Waals surface area contributed by atoms with E-state index < -0.39 is 0 Å². The summed E-state index contributed by atoms with van der Waals surface area (Å²) in [5.74, 6) is 0.0731. The zero-order chi connectivity index (χ0) is 27.5. The van der Waals surface area contributed by atoms with Gasteiger partial charge >= 0.3 is 0 Å². The van der Waals surface area contributed by atoms with Crippen LogP contribution in [0, 0.1) is 5.82 Å². The van der Waals surface area contributed by atoms with Crippen LogP contribution in [0.25, 0.3) is 16.7 Å². The molecule has 2 N–H and O–H groups in total. The van der Waals surface area contributed by atoms with Gasteiger partial charge in [-0.15, -0.1) is 0 Å². The Morgan fingerprint density at radius 3 is 2.54 bits per heavy atom. The van der Waals surface area contributed by atoms with Gasteiger partial charge in [-0.25, -0.2) is 4.39 Å². The Kier molecular flexibility index (Phi) is 7.79. The summed E-state index contributed by atoms with van der Waals surface area (Å²) in [6, 6.07) is 17.0. The first-order valence-corrected chi connectivity index (χ1v) is 13.5. The molecule has 3 aromatic carbocycles. The van der Waals surface area contributed by atoms with Crippen molar-refractivity contribution in [2.45, 2.75) is 39.3 Å². The number of carbonyl (C=O) groups is 2. The molecule has 2 aliphatic heterocycles. The SMILES string of the molecule is C=C(C)c1ccc(C(=O)N2CCOc3ccc(-c4ccc(C(=O)NC5CCNC5)cc4)cc3C2)c(CC)c1F. The Bertz CT molecular complexity index is 1410. The summed E-state index contributed by atoms with van der Waals surface area (Å²) in [6.07, 6.45) is 1.35. The number of allylic oxidation sites excluding steroid dienone is 1. The van der Waals surface area contributed by atoms with Gasteiger partial charge in [0.15, 0.2) is 0 Å². The van der Waals surface area contributed by atoms with Crippen molar-refractivity contribution in [1.82, 2.24) is 15.5 Å². The van der Waals surface area contributed by atoms with Crippen LogP contribution in [0.5, 0.6) is 5.75 Å². The lowest BCUT2D eigenvalue weighted by Crippen LogP contribution is -2.36. The third kappa shape index (κ3) is 5.59. The number of nitrogens with one attached hydrogen (secondary N) is 2. The van der Waals surface area contributed by atoms with E-state index in [0.29, 0.717) is 53.9 Å². The van der Waals surface area contributed by atoms with E-state index in [1.165, 1.54) is 0 Å². The fourth-order valence-corrected chi connectivity index (χ4v) is 5.28. The topological polar surface area (TPSA) is 70.7 Å². The third-order valence-corrected chi connectivity index (χ3v) is 7.49. The predicted octanol–water partition coefficient (Wildman–Crippen LogP) is 5.21. The van der Waals surface area contributed by atoms with Crippen LogP contribution in [0.15, 0.2) is 61.2 Å². The number of halogens is 1. The number of hydrogen-bond acceptors (Lipinski definition) is 4. The molecule has 2 aliphatic rings. The molecule has 7 heteroatoms. The van der Waals surface area contributed by atoms with Gasteiger partial charge in [0, 0.05) is 46.9 Å². The number of fused-ring (bicyclic) bond motifs is 1. The second kappa shape index (κ2) is 11.4. The van der Waals surface area contributed by atoms with E-state index in [0.717, 1.165) is 42.0 Å². The molecule has 2 amide bonds. The fraction of sp³-hybridized carbons (Fsp3) is 0.312. The van der Waals surface area contributed by atoms with Crippen LogP contribution in [0.3, 0.4) is 0 Å². The molecule has 1 atom stereocenters. The summed E-state index contributed by atoms with van der Waals surface area (Å²) < 4.78 is 21.1. The molecule has 1 saturated heterocycles. The zero-order valence-electron chi connectivity index (χ0n) is 22.5. The highest BCUT2D eigenvalue weighted by Gasteiger charge is 2.25. The minimum Gasteiger partial charge on any atom is -0.491 e. The summed E-state index contributed by atoms with van der Waals surface area (Å²) >= 11 is 0. The minimum absolute atomic E-state index is 0.0705. The average molecular weight is 528 g/mol. The summed E-state index contributed by atoms with van der Waals surface area (Å²) in [5, 5.41) is 6.32. The van der Waals surface area contributed by atoms with Crippen LogP contribution in [0.2, 0.25) is 0 Å². The van der Waals surface area contributed by atoms with Crippen LogP contribution in [0.4, 0.5) is 4.39 Å². The van der Waals surface area contributed by atoms with E-state index in [1.54, 1.807) is 24.0 Å². The van der Waals surface area contributed by atoms with Crippen LogP contribution in [-0.2, 0) is 13.0 Å². The lowest BCUT2D eigenvalue weighted by atomic mass is 9.96. The van der Waals surface area contributed by atoms with E-state index in [-0.39, 0.29) is 23.7 Å². The van der Waals surface area contributed by atoms with Crippen LogP contribution >= 0.6 is 0 Å². The molecule has 6 nitrogen and oxygen atoms in total. The van der Waals surface area contributed by atoms with Gasteiger partial charge in [0.05, 0.1) is 6.54 Å². The quantitative estimate of drug-likeness (QED) is 0.462. The van der Waals surface area contributed by atoms with Crippen molar-refractivity contribution in [3.63, 3.8) is 0 Å². The van der Waals surface area contributed by atoms with Gasteiger partial charge in [0.25, 0.3) is 11.8 Å². The molecule has 39 heavy (non-hydrogen) atoms. The maximum atomic E-state index is 15.2. The number of carbonyl (C=O) groups excluding carboxylic acids is 2. The molecule has 0 spiro atoms. The lowest BCUT2D eigenvalue weighted by Gasteiger charge is -2.22. The average Bonchev–Trinajstić information content (AvgIpc) is 3.35. The van der Waals surface area contributed by atoms with Crippen molar-refractivity contribution in [2.75, 3.05) is 26.2 Å². The molecule has 0 bridgehead atoms. The number of ether oxygens (including phenoxy) is 1. The van der Waals surface area contributed by atoms with Gasteiger partial charge in [0.2, 0.25) is 0 Å². The van der Waals surface area contributed by atoms with Crippen LogP contribution in [0.1, 0.15) is 57.7 Å². The van der Waals surface area contributed by atoms with Crippen molar-refractivity contribution in [2.24, 2.45) is 0 Å². The monoisotopic (exact) mass is 527 g/mol. The van der Waals surface area contributed by atoms with E-state index >= 15 is 4.39 Å². The van der Waals surface area contributed by atoms with Gasteiger partial charge in [-0.1, -0.05) is 37.8 Å². The first kappa shape index (κ1) is 26.6. The molecular formula is C32H34FN3O3. The van der Waals surface area contributed by atoms with E-state index in [4.69, 9.17) is 4.74 Å². The maximum absolute atomic E-state index is 15.2. The fourth-order valence-electron chi connectivity index (χ4n) is 5.28. The van der Waals surface area contributed by atoms with E-state index in [1.807, 2.05) is 49.4 Å². The van der Waals surface area contributed by atoms with Crippen molar-refractivity contribution < 1.29 is 18.7 Å². The molecule has 202 valence electrons. The summed E-state index contributed by atoms with van der Waals surface area (Å²) in [5.41, 5.74) is 5.29. The Labute approximate surface area is 228 Å². The Morgan fingerprint density at radius 2 is 1.85 bits per heavy atom. The second-order valence-corrected chi connectivity index (χ2v) is 10.2. The van der Waals surface area contributed by atoms with Crippen molar-refractivity contribution >= 4 is 17.4 Å². The Morgan fingerprint density at radius 1 is 1.10 bits per heavy atom. The second-order valence-electron chi connectivity index (χ2n) is 10.2. The number of rotatable bonds is 6. The largest absolute Gasteiger partial charge is 0.491 e. The maximum Gasteiger partial charge on any atom is 0.254 e. The van der Waals surface area contributed by atoms with Gasteiger partial charge in [-0.2, -0.15) is 0 Å². The molecule has 0 saturated carbocycles. The Hall–Kier alpha value is -3.97. The molecule has 1 unspecified atom stereocenters. The highest BCUT2D eigenvalue weighted by atomic mass is 19.1. The third-order valence-electron chi connectivity index (χ3n) is 7.49. The van der Waals surface area contributed by atoms with E-state index in [9.17, 15) is 9.59 Å². The molecule has 3 aromatic rings. The van der Waals surface area contributed by atoms with Crippen molar-refractivity contribution in [3.05, 3.63) is 94.8 Å². The van der Waals surface area contributed by atoms with Gasteiger partial charge in [-0.3, -0.25) is 9.59 Å². The lowest BCUT2D eigenvalue weighted by molar-refractivity contribution is 0.0731. The smallest absolute Gasteiger partial charge is 0.254 e. The van der Waals surface area contributed by atoms with Gasteiger partial charge in [-0.05, 0) is 73.3 Å². The summed E-state index contributed by atoms with van der Waals surface area (Å²) in [6.45, 7) is 10.3. The zero-order valence-corrected chi connectivity index (χ0v) is 22.5. The molecule has 0 radical (unpaired) electrons. The summed E-state index contributed by atoms with van der Waals surface area (Å²) in [7, 11) is 0. The van der Waals surface area contributed by atoms with Crippen molar-refractivity contribution in [1.29, 1.82) is 0 Å². The van der Waals surface area contributed by atoms with Crippen molar-refractivity contribution in [3.8, 4) is 16.9 Å². The first-order chi connectivity index (χ1) is 18.9. The molecule has 2 heterocycles. The number of hydrogen-bond donors (Lipinski definition) is 2. The normalized spacial score (nSPS) is 16.7. The Balaban J connectivity index is 1.36. The van der Waals surface area contributed by atoms with Crippen LogP contribution in [-0.4, -0.2) is 49.0 Å². The standard InChI is InChI=1S/C32H34FN3O3/c1-4-26-28(11-10-27(20(2)3)30(26)33)32(38)36-15-16-39-29-12-9-23(17-24(29)19-36)21-5-7-22(8-6-21)31(37)35-25-13-14-34-18-25/h5-12,17,25,34H,2,4,13-16,18-19H2,1,3H3,(H,35,37). The summed E-state index contributed by atoms with van der Waals surface area (Å²) in [4.78, 5) is 27.9. The minimum atomic E-state index is -0.373. The number of nitrogens with zero attached hydrogens (tertiary/aromatic N) is 1. The molecule has 1 fully saturated rings.